The van der Waals surface area contributed by atoms with E-state index in [4.69, 9.17) is 0 Å². The summed E-state index contributed by atoms with van der Waals surface area (Å²) in [4.78, 5) is 0.368. The van der Waals surface area contributed by atoms with E-state index in [0.717, 1.165) is 18.7 Å². The third-order valence-corrected chi connectivity index (χ3v) is 2.85. The van der Waals surface area contributed by atoms with Gasteiger partial charge in [-0.25, -0.2) is 8.78 Å². The number of benzene rings is 1. The standard InChI is InChI=1S/C10H13F2NS/c1-7(6-13-2)14-10-5-8(11)3-4-9(10)12/h3-5,7,13H,6H2,1-2H3. The van der Waals surface area contributed by atoms with Crippen LogP contribution in [0.25, 0.3) is 0 Å². The fourth-order valence-electron chi connectivity index (χ4n) is 1.11. The zero-order chi connectivity index (χ0) is 10.6. The molecule has 1 aromatic rings. The summed E-state index contributed by atoms with van der Waals surface area (Å²) in [6.45, 7) is 2.73. The zero-order valence-corrected chi connectivity index (χ0v) is 9.00. The average Bonchev–Trinajstić information content (AvgIpc) is 2.12. The summed E-state index contributed by atoms with van der Waals surface area (Å²) >= 11 is 1.33. The highest BCUT2D eigenvalue weighted by atomic mass is 32.2. The quantitative estimate of drug-likeness (QED) is 0.778. The molecule has 14 heavy (non-hydrogen) atoms. The molecule has 1 N–H and O–H groups in total. The lowest BCUT2D eigenvalue weighted by Crippen LogP contribution is -2.17. The Labute approximate surface area is 86.9 Å². The largest absolute Gasteiger partial charge is 0.319 e. The first kappa shape index (κ1) is 11.5. The molecule has 0 aliphatic rings. The predicted octanol–water partition coefficient (Wildman–Crippen LogP) is 2.66. The summed E-state index contributed by atoms with van der Waals surface area (Å²) in [5.41, 5.74) is 0. The zero-order valence-electron chi connectivity index (χ0n) is 8.18. The first-order valence-corrected chi connectivity index (χ1v) is 5.27. The Bertz CT molecular complexity index is 304. The van der Waals surface area contributed by atoms with Gasteiger partial charge in [0, 0.05) is 16.7 Å². The topological polar surface area (TPSA) is 12.0 Å². The third kappa shape index (κ3) is 3.27. The Morgan fingerprint density at radius 1 is 1.43 bits per heavy atom. The lowest BCUT2D eigenvalue weighted by atomic mass is 10.3. The minimum Gasteiger partial charge on any atom is -0.319 e. The van der Waals surface area contributed by atoms with Crippen molar-refractivity contribution in [1.82, 2.24) is 5.32 Å². The van der Waals surface area contributed by atoms with Crippen LogP contribution in [0, 0.1) is 11.6 Å². The van der Waals surface area contributed by atoms with Crippen LogP contribution in [-0.2, 0) is 0 Å². The second-order valence-electron chi connectivity index (χ2n) is 3.06. The molecule has 0 aromatic heterocycles. The molecule has 78 valence electrons. The predicted molar refractivity (Wildman–Crippen MR) is 55.6 cm³/mol. The summed E-state index contributed by atoms with van der Waals surface area (Å²) in [5, 5.41) is 3.20. The molecule has 0 aliphatic carbocycles. The van der Waals surface area contributed by atoms with Gasteiger partial charge in [-0.2, -0.15) is 0 Å². The molecule has 0 heterocycles. The van der Waals surface area contributed by atoms with Crippen LogP contribution in [0.15, 0.2) is 23.1 Å². The smallest absolute Gasteiger partial charge is 0.136 e. The van der Waals surface area contributed by atoms with Crippen LogP contribution in [0.4, 0.5) is 8.78 Å². The molecule has 0 fully saturated rings. The fourth-order valence-corrected chi connectivity index (χ4v) is 2.16. The monoisotopic (exact) mass is 217 g/mol. The van der Waals surface area contributed by atoms with Gasteiger partial charge in [-0.05, 0) is 25.2 Å². The Kier molecular flexibility index (Phi) is 4.35. The van der Waals surface area contributed by atoms with Crippen LogP contribution < -0.4 is 5.32 Å². The van der Waals surface area contributed by atoms with Crippen molar-refractivity contribution < 1.29 is 8.78 Å². The van der Waals surface area contributed by atoms with E-state index in [-0.39, 0.29) is 11.1 Å². The Morgan fingerprint density at radius 2 is 2.14 bits per heavy atom. The van der Waals surface area contributed by atoms with Crippen LogP contribution in [0.1, 0.15) is 6.92 Å². The number of hydrogen-bond donors (Lipinski definition) is 1. The van der Waals surface area contributed by atoms with E-state index in [1.807, 2.05) is 14.0 Å². The van der Waals surface area contributed by atoms with Gasteiger partial charge >= 0.3 is 0 Å². The van der Waals surface area contributed by atoms with Crippen molar-refractivity contribution in [2.45, 2.75) is 17.1 Å². The minimum absolute atomic E-state index is 0.219. The lowest BCUT2D eigenvalue weighted by Gasteiger charge is -2.10. The summed E-state index contributed by atoms with van der Waals surface area (Å²) in [5.74, 6) is -0.759. The van der Waals surface area contributed by atoms with Gasteiger partial charge in [-0.3, -0.25) is 0 Å². The first-order chi connectivity index (χ1) is 6.63. The van der Waals surface area contributed by atoms with E-state index < -0.39 is 5.82 Å². The highest BCUT2D eigenvalue weighted by Crippen LogP contribution is 2.26. The molecule has 0 spiro atoms. The van der Waals surface area contributed by atoms with Crippen molar-refractivity contribution in [3.05, 3.63) is 29.8 Å². The molecule has 1 aromatic carbocycles. The number of hydrogen-bond acceptors (Lipinski definition) is 2. The van der Waals surface area contributed by atoms with E-state index in [9.17, 15) is 8.78 Å². The molecule has 0 saturated heterocycles. The molecule has 1 atom stereocenters. The van der Waals surface area contributed by atoms with Crippen molar-refractivity contribution >= 4 is 11.8 Å². The fraction of sp³-hybridized carbons (Fsp3) is 0.400. The summed E-state index contributed by atoms with van der Waals surface area (Å²) in [6, 6.07) is 3.51. The van der Waals surface area contributed by atoms with E-state index in [1.165, 1.54) is 17.8 Å². The number of thioether (sulfide) groups is 1. The van der Waals surface area contributed by atoms with Gasteiger partial charge in [0.15, 0.2) is 0 Å². The molecule has 1 nitrogen and oxygen atoms in total. The van der Waals surface area contributed by atoms with Crippen molar-refractivity contribution in [3.8, 4) is 0 Å². The van der Waals surface area contributed by atoms with Gasteiger partial charge in [0.05, 0.1) is 0 Å². The molecule has 0 amide bonds. The highest BCUT2D eigenvalue weighted by Gasteiger charge is 2.08. The second kappa shape index (κ2) is 5.32. The molecule has 0 aliphatic heterocycles. The van der Waals surface area contributed by atoms with Gasteiger partial charge in [-0.1, -0.05) is 6.92 Å². The van der Waals surface area contributed by atoms with E-state index >= 15 is 0 Å². The van der Waals surface area contributed by atoms with Crippen molar-refractivity contribution in [2.75, 3.05) is 13.6 Å². The maximum atomic E-state index is 13.2. The Balaban J connectivity index is 2.70. The first-order valence-electron chi connectivity index (χ1n) is 4.39. The number of nitrogens with one attached hydrogen (secondary N) is 1. The number of halogens is 2. The van der Waals surface area contributed by atoms with Crippen LogP contribution in [0.2, 0.25) is 0 Å². The summed E-state index contributed by atoms with van der Waals surface area (Å²) in [6.07, 6.45) is 0. The Morgan fingerprint density at radius 3 is 2.79 bits per heavy atom. The van der Waals surface area contributed by atoms with Gasteiger partial charge in [0.25, 0.3) is 0 Å². The van der Waals surface area contributed by atoms with Crippen LogP contribution >= 0.6 is 11.8 Å². The van der Waals surface area contributed by atoms with Crippen molar-refractivity contribution in [3.63, 3.8) is 0 Å². The molecule has 0 radical (unpaired) electrons. The van der Waals surface area contributed by atoms with Gasteiger partial charge in [0.2, 0.25) is 0 Å². The van der Waals surface area contributed by atoms with Gasteiger partial charge in [-0.15, -0.1) is 11.8 Å². The van der Waals surface area contributed by atoms with Crippen molar-refractivity contribution in [2.24, 2.45) is 0 Å². The molecule has 1 rings (SSSR count). The van der Waals surface area contributed by atoms with E-state index in [1.54, 1.807) is 0 Å². The Hall–Kier alpha value is -0.610. The van der Waals surface area contributed by atoms with Crippen LogP contribution in [-0.4, -0.2) is 18.8 Å². The normalized spacial score (nSPS) is 12.9. The van der Waals surface area contributed by atoms with Crippen LogP contribution in [0.5, 0.6) is 0 Å². The average molecular weight is 217 g/mol. The van der Waals surface area contributed by atoms with Gasteiger partial charge < -0.3 is 5.32 Å². The molecule has 0 bridgehead atoms. The molecule has 1 unspecified atom stereocenters. The van der Waals surface area contributed by atoms with Crippen LogP contribution in [0.3, 0.4) is 0 Å². The van der Waals surface area contributed by atoms with E-state index in [0.29, 0.717) is 4.90 Å². The minimum atomic E-state index is -0.398. The maximum Gasteiger partial charge on any atom is 0.136 e. The molecule has 4 heteroatoms. The van der Waals surface area contributed by atoms with E-state index in [2.05, 4.69) is 5.32 Å². The maximum absolute atomic E-state index is 13.2. The lowest BCUT2D eigenvalue weighted by molar-refractivity contribution is 0.576. The second-order valence-corrected chi connectivity index (χ2v) is 4.54. The third-order valence-electron chi connectivity index (χ3n) is 1.71. The molecular weight excluding hydrogens is 204 g/mol. The SMILES string of the molecule is CNCC(C)Sc1cc(F)ccc1F. The van der Waals surface area contributed by atoms with Gasteiger partial charge in [0.1, 0.15) is 11.6 Å². The molecular formula is C10H13F2NS. The summed E-state index contributed by atoms with van der Waals surface area (Å²) < 4.78 is 26.0. The highest BCUT2D eigenvalue weighted by molar-refractivity contribution is 8.00. The molecule has 0 saturated carbocycles. The van der Waals surface area contributed by atoms with Crippen molar-refractivity contribution in [1.29, 1.82) is 0 Å². The summed E-state index contributed by atoms with van der Waals surface area (Å²) in [7, 11) is 1.83. The number of rotatable bonds is 4.